The van der Waals surface area contributed by atoms with Crippen LogP contribution in [-0.2, 0) is 42.2 Å². The molecule has 2 aliphatic heterocycles. The van der Waals surface area contributed by atoms with Crippen LogP contribution >= 0.6 is 0 Å². The summed E-state index contributed by atoms with van der Waals surface area (Å²) in [5.41, 5.74) is 5.15. The van der Waals surface area contributed by atoms with Gasteiger partial charge in [0.05, 0.1) is 55.7 Å². The van der Waals surface area contributed by atoms with Gasteiger partial charge in [-0.2, -0.15) is 9.57 Å². The van der Waals surface area contributed by atoms with Gasteiger partial charge in [0, 0.05) is 58.2 Å². The van der Waals surface area contributed by atoms with E-state index in [1.165, 1.54) is 0 Å². The van der Waals surface area contributed by atoms with Crippen LogP contribution in [0.5, 0.6) is 5.75 Å². The summed E-state index contributed by atoms with van der Waals surface area (Å²) in [5, 5.41) is 9.53. The van der Waals surface area contributed by atoms with E-state index in [0.717, 1.165) is 53.2 Å². The number of aryl methyl sites for hydroxylation is 1. The number of fused-ring (bicyclic) bond motifs is 1. The van der Waals surface area contributed by atoms with E-state index in [1.807, 2.05) is 31.2 Å². The summed E-state index contributed by atoms with van der Waals surface area (Å²) in [6.45, 7) is 9.27. The van der Waals surface area contributed by atoms with Gasteiger partial charge in [0.2, 0.25) is 10.0 Å². The predicted molar refractivity (Wildman–Crippen MR) is 197 cm³/mol. The van der Waals surface area contributed by atoms with Crippen molar-refractivity contribution in [2.45, 2.75) is 75.7 Å². The molecule has 10 nitrogen and oxygen atoms in total. The van der Waals surface area contributed by atoms with Crippen LogP contribution < -0.4 is 9.64 Å². The van der Waals surface area contributed by atoms with Crippen LogP contribution in [0.2, 0.25) is 0 Å². The molecule has 0 N–H and O–H groups in total. The summed E-state index contributed by atoms with van der Waals surface area (Å²) < 4.78 is 59.2. The van der Waals surface area contributed by atoms with Gasteiger partial charge in [0.15, 0.2) is 0 Å². The molecule has 2 heterocycles. The maximum Gasteiger partial charge on any atom is 0.243 e. The molecule has 2 aliphatic rings. The molecule has 4 atom stereocenters. The molecule has 0 radical (unpaired) electrons. The highest BCUT2D eigenvalue weighted by Gasteiger charge is 2.42. The lowest BCUT2D eigenvalue weighted by Crippen LogP contribution is -2.52. The van der Waals surface area contributed by atoms with Crippen LogP contribution in [0.3, 0.4) is 0 Å². The van der Waals surface area contributed by atoms with Crippen LogP contribution in [0.15, 0.2) is 71.6 Å². The Bertz CT molecular complexity index is 1680. The first-order valence-electron chi connectivity index (χ1n) is 18.0. The van der Waals surface area contributed by atoms with Gasteiger partial charge in [-0.15, -0.1) is 0 Å². The van der Waals surface area contributed by atoms with E-state index in [2.05, 4.69) is 48.2 Å². The molecule has 0 bridgehead atoms. The molecule has 0 unspecified atom stereocenters. The summed E-state index contributed by atoms with van der Waals surface area (Å²) in [4.78, 5) is 2.57. The average molecular weight is 720 g/mol. The zero-order valence-electron chi connectivity index (χ0n) is 30.5. The second kappa shape index (κ2) is 18.8. The third-order valence-corrected chi connectivity index (χ3v) is 11.6. The van der Waals surface area contributed by atoms with E-state index in [9.17, 15) is 13.7 Å². The van der Waals surface area contributed by atoms with Gasteiger partial charge >= 0.3 is 0 Å². The van der Waals surface area contributed by atoms with Crippen molar-refractivity contribution < 1.29 is 32.1 Å². The monoisotopic (exact) mass is 719 g/mol. The first-order valence-corrected chi connectivity index (χ1v) is 19.4. The fourth-order valence-electron chi connectivity index (χ4n) is 6.98. The molecule has 3 aromatic rings. The summed E-state index contributed by atoms with van der Waals surface area (Å²) >= 11 is 0. The standard InChI is InChI=1S/C40H53N3O7S/c1-30-8-15-36(16-9-30)51(44,45)43-25-40(50-29-33-12-17-39-38(23-33)42(20-22-49-39)19-6-21-46-3)37(24-35(43)7-5-18-41)34-13-10-32(11-14-34)28-48-27-31(2)26-47-4/h8-17,23,31,35,37,40H,5-7,19-22,24-29H2,1-4H3/t31-,35-,37+,40-/m0/s1. The highest BCUT2D eigenvalue weighted by atomic mass is 32.2. The Morgan fingerprint density at radius 1 is 0.980 bits per heavy atom. The van der Waals surface area contributed by atoms with Crippen molar-refractivity contribution in [2.24, 2.45) is 5.92 Å². The van der Waals surface area contributed by atoms with Crippen molar-refractivity contribution in [1.29, 1.82) is 5.26 Å². The van der Waals surface area contributed by atoms with Crippen molar-refractivity contribution >= 4 is 15.7 Å². The molecule has 0 aliphatic carbocycles. The molecule has 1 fully saturated rings. The van der Waals surface area contributed by atoms with Crippen molar-refractivity contribution in [1.82, 2.24) is 4.31 Å². The van der Waals surface area contributed by atoms with E-state index in [1.54, 1.807) is 30.7 Å². The minimum atomic E-state index is -3.85. The fraction of sp³-hybridized carbons (Fsp3) is 0.525. The van der Waals surface area contributed by atoms with Gasteiger partial charge in [0.1, 0.15) is 12.4 Å². The molecule has 51 heavy (non-hydrogen) atoms. The van der Waals surface area contributed by atoms with Crippen LogP contribution in [0.4, 0.5) is 5.69 Å². The number of hydrogen-bond donors (Lipinski definition) is 0. The Morgan fingerprint density at radius 2 is 1.75 bits per heavy atom. The van der Waals surface area contributed by atoms with Crippen LogP contribution in [0.1, 0.15) is 60.8 Å². The predicted octanol–water partition coefficient (Wildman–Crippen LogP) is 6.47. The van der Waals surface area contributed by atoms with Gasteiger partial charge in [-0.25, -0.2) is 8.42 Å². The maximum atomic E-state index is 14.2. The molecule has 0 saturated carbocycles. The Labute approximate surface area is 304 Å². The zero-order valence-corrected chi connectivity index (χ0v) is 31.3. The Kier molecular flexibility index (Phi) is 14.3. The number of benzene rings is 3. The Balaban J connectivity index is 1.40. The number of nitrogens with zero attached hydrogens (tertiary/aromatic N) is 3. The first-order chi connectivity index (χ1) is 24.7. The average Bonchev–Trinajstić information content (AvgIpc) is 3.14. The van der Waals surface area contributed by atoms with E-state index in [-0.39, 0.29) is 29.8 Å². The third-order valence-electron chi connectivity index (χ3n) is 9.71. The molecular weight excluding hydrogens is 667 g/mol. The summed E-state index contributed by atoms with van der Waals surface area (Å²) in [5.74, 6) is 1.08. The number of methoxy groups -OCH3 is 2. The molecule has 0 spiro atoms. The van der Waals surface area contributed by atoms with Gasteiger partial charge in [-0.05, 0) is 67.1 Å². The van der Waals surface area contributed by atoms with E-state index in [4.69, 9.17) is 23.7 Å². The molecule has 276 valence electrons. The molecular formula is C40H53N3O7S. The smallest absolute Gasteiger partial charge is 0.243 e. The lowest BCUT2D eigenvalue weighted by atomic mass is 9.82. The number of nitriles is 1. The third kappa shape index (κ3) is 10.3. The number of piperidine rings is 1. The molecule has 3 aromatic carbocycles. The largest absolute Gasteiger partial charge is 0.490 e. The number of anilines is 1. The highest BCUT2D eigenvalue weighted by Crippen LogP contribution is 2.39. The molecule has 5 rings (SSSR count). The molecule has 0 amide bonds. The normalized spacial score (nSPS) is 20.0. The molecule has 0 aromatic heterocycles. The van der Waals surface area contributed by atoms with Gasteiger partial charge in [-0.3, -0.25) is 0 Å². The van der Waals surface area contributed by atoms with E-state index >= 15 is 0 Å². The van der Waals surface area contributed by atoms with Crippen molar-refractivity contribution in [3.8, 4) is 11.8 Å². The molecule has 1 saturated heterocycles. The summed E-state index contributed by atoms with van der Waals surface area (Å²) in [6, 6.07) is 23.4. The minimum absolute atomic E-state index is 0.0821. The molecule has 11 heteroatoms. The zero-order chi connectivity index (χ0) is 36.2. The van der Waals surface area contributed by atoms with Crippen LogP contribution in [-0.4, -0.2) is 85.2 Å². The minimum Gasteiger partial charge on any atom is -0.490 e. The Hall–Kier alpha value is -3.50. The first kappa shape index (κ1) is 38.7. The van der Waals surface area contributed by atoms with Gasteiger partial charge in [0.25, 0.3) is 0 Å². The summed E-state index contributed by atoms with van der Waals surface area (Å²) in [6.07, 6.45) is 1.73. The van der Waals surface area contributed by atoms with E-state index in [0.29, 0.717) is 58.4 Å². The number of rotatable bonds is 18. The number of sulfonamides is 1. The topological polar surface area (TPSA) is 111 Å². The lowest BCUT2D eigenvalue weighted by Gasteiger charge is -2.43. The van der Waals surface area contributed by atoms with E-state index < -0.39 is 16.1 Å². The quantitative estimate of drug-likeness (QED) is 0.137. The van der Waals surface area contributed by atoms with Crippen molar-refractivity contribution in [3.63, 3.8) is 0 Å². The summed E-state index contributed by atoms with van der Waals surface area (Å²) in [7, 11) is -0.441. The van der Waals surface area contributed by atoms with Crippen molar-refractivity contribution in [2.75, 3.05) is 65.2 Å². The SMILES string of the molecule is COCCCN1CCOc2ccc(CO[C@H]3CN(S(=O)(=O)c4ccc(C)cc4)[C@@H](CCC#N)C[C@@H]3c3ccc(COC[C@@H](C)COC)cc3)cc21. The van der Waals surface area contributed by atoms with Crippen LogP contribution in [0, 0.1) is 24.2 Å². The second-order valence-corrected chi connectivity index (χ2v) is 15.6. The number of ether oxygens (including phenoxy) is 5. The van der Waals surface area contributed by atoms with Crippen molar-refractivity contribution in [3.05, 3.63) is 89.0 Å². The highest BCUT2D eigenvalue weighted by molar-refractivity contribution is 7.89. The fourth-order valence-corrected chi connectivity index (χ4v) is 8.66. The number of hydrogen-bond acceptors (Lipinski definition) is 9. The second-order valence-electron chi connectivity index (χ2n) is 13.7. The Morgan fingerprint density at radius 3 is 2.47 bits per heavy atom. The van der Waals surface area contributed by atoms with Gasteiger partial charge < -0.3 is 28.6 Å². The lowest BCUT2D eigenvalue weighted by molar-refractivity contribution is -0.0206. The van der Waals surface area contributed by atoms with Crippen LogP contribution in [0.25, 0.3) is 0 Å². The van der Waals surface area contributed by atoms with Gasteiger partial charge in [-0.1, -0.05) is 55.0 Å². The maximum absolute atomic E-state index is 14.2.